The molecule has 3 N–H and O–H groups in total. The molecule has 0 radical (unpaired) electrons. The Morgan fingerprint density at radius 1 is 1.30 bits per heavy atom. The number of aromatic nitrogens is 1. The number of aliphatic hydroxyl groups is 1. The number of urea groups is 1. The molecule has 2 aromatic rings. The van der Waals surface area contributed by atoms with Crippen molar-refractivity contribution in [3.8, 4) is 10.4 Å². The number of carbonyl (C=O) groups is 1. The van der Waals surface area contributed by atoms with Crippen molar-refractivity contribution >= 4 is 43.9 Å². The van der Waals surface area contributed by atoms with Crippen LogP contribution in [0.3, 0.4) is 0 Å². The Morgan fingerprint density at radius 3 is 2.70 bits per heavy atom. The van der Waals surface area contributed by atoms with E-state index in [4.69, 9.17) is 16.7 Å². The molecule has 0 saturated heterocycles. The SMILES string of the molecule is Cc1nc(NC(=O)NCCCCCO)sc1-c1ccc(Cl)c(S(C)(=O)=O)c1. The van der Waals surface area contributed by atoms with Gasteiger partial charge in [-0.15, -0.1) is 0 Å². The zero-order chi connectivity index (χ0) is 20.0. The van der Waals surface area contributed by atoms with Crippen LogP contribution in [0, 0.1) is 6.92 Å². The Bertz CT molecular complexity index is 913. The fourth-order valence-corrected chi connectivity index (χ4v) is 4.66. The summed E-state index contributed by atoms with van der Waals surface area (Å²) in [5.41, 5.74) is 1.35. The third kappa shape index (κ3) is 6.17. The quantitative estimate of drug-likeness (QED) is 0.554. The molecular formula is C17H22ClN3O4S2. The van der Waals surface area contributed by atoms with Crippen LogP contribution in [0.15, 0.2) is 23.1 Å². The summed E-state index contributed by atoms with van der Waals surface area (Å²) in [7, 11) is -3.45. The molecule has 0 bridgehead atoms. The molecule has 7 nitrogen and oxygen atoms in total. The largest absolute Gasteiger partial charge is 0.396 e. The fourth-order valence-electron chi connectivity index (χ4n) is 2.40. The number of nitrogens with zero attached hydrogens (tertiary/aromatic N) is 1. The number of aliphatic hydroxyl groups excluding tert-OH is 1. The number of thiazole rings is 1. The lowest BCUT2D eigenvalue weighted by Crippen LogP contribution is -2.29. The maximum absolute atomic E-state index is 11.9. The highest BCUT2D eigenvalue weighted by Crippen LogP contribution is 2.35. The van der Waals surface area contributed by atoms with Gasteiger partial charge in [-0.1, -0.05) is 29.0 Å². The number of hydrogen-bond donors (Lipinski definition) is 3. The number of unbranched alkanes of at least 4 members (excludes halogenated alkanes) is 2. The monoisotopic (exact) mass is 431 g/mol. The second-order valence-electron chi connectivity index (χ2n) is 6.02. The molecule has 0 atom stereocenters. The van der Waals surface area contributed by atoms with Crippen molar-refractivity contribution in [3.63, 3.8) is 0 Å². The van der Waals surface area contributed by atoms with Crippen molar-refractivity contribution < 1.29 is 18.3 Å². The number of aryl methyl sites for hydroxylation is 1. The van der Waals surface area contributed by atoms with Gasteiger partial charge in [-0.05, 0) is 43.9 Å². The van der Waals surface area contributed by atoms with Crippen LogP contribution in [0.2, 0.25) is 5.02 Å². The van der Waals surface area contributed by atoms with E-state index in [2.05, 4.69) is 15.6 Å². The third-order valence-corrected chi connectivity index (χ3v) is 6.43. The number of sulfone groups is 1. The van der Waals surface area contributed by atoms with E-state index < -0.39 is 9.84 Å². The summed E-state index contributed by atoms with van der Waals surface area (Å²) >= 11 is 7.25. The number of rotatable bonds is 8. The number of amides is 2. The minimum Gasteiger partial charge on any atom is -0.396 e. The third-order valence-electron chi connectivity index (χ3n) is 3.73. The van der Waals surface area contributed by atoms with E-state index in [1.807, 2.05) is 0 Å². The van der Waals surface area contributed by atoms with Crippen molar-refractivity contribution in [1.29, 1.82) is 0 Å². The Labute approximate surface area is 167 Å². The van der Waals surface area contributed by atoms with Gasteiger partial charge in [0.2, 0.25) is 0 Å². The van der Waals surface area contributed by atoms with E-state index in [-0.39, 0.29) is 22.6 Å². The maximum atomic E-state index is 11.9. The smallest absolute Gasteiger partial charge is 0.321 e. The Hall–Kier alpha value is -1.68. The average molecular weight is 432 g/mol. The van der Waals surface area contributed by atoms with Gasteiger partial charge in [-0.2, -0.15) is 0 Å². The summed E-state index contributed by atoms with van der Waals surface area (Å²) in [5, 5.41) is 14.7. The summed E-state index contributed by atoms with van der Waals surface area (Å²) in [6.45, 7) is 2.45. The van der Waals surface area contributed by atoms with E-state index in [0.29, 0.717) is 22.9 Å². The maximum Gasteiger partial charge on any atom is 0.321 e. The summed E-state index contributed by atoms with van der Waals surface area (Å²) in [6.07, 6.45) is 3.45. The van der Waals surface area contributed by atoms with E-state index in [1.54, 1.807) is 19.1 Å². The Balaban J connectivity index is 2.09. The first-order valence-corrected chi connectivity index (χ1v) is 11.4. The zero-order valence-electron chi connectivity index (χ0n) is 15.1. The van der Waals surface area contributed by atoms with Crippen LogP contribution in [0.25, 0.3) is 10.4 Å². The first-order valence-electron chi connectivity index (χ1n) is 8.35. The molecule has 0 unspecified atom stereocenters. The van der Waals surface area contributed by atoms with Crippen LogP contribution in [0.1, 0.15) is 25.0 Å². The molecule has 1 aromatic heterocycles. The molecule has 1 heterocycles. The lowest BCUT2D eigenvalue weighted by molar-refractivity contribution is 0.251. The number of nitrogens with one attached hydrogen (secondary N) is 2. The van der Waals surface area contributed by atoms with Crippen LogP contribution >= 0.6 is 22.9 Å². The number of carbonyl (C=O) groups excluding carboxylic acids is 1. The van der Waals surface area contributed by atoms with Crippen molar-refractivity contribution in [1.82, 2.24) is 10.3 Å². The molecule has 1 aromatic carbocycles. The molecule has 2 rings (SSSR count). The topological polar surface area (TPSA) is 108 Å². The zero-order valence-corrected chi connectivity index (χ0v) is 17.5. The van der Waals surface area contributed by atoms with Gasteiger partial charge in [0.15, 0.2) is 15.0 Å². The molecule has 0 spiro atoms. The predicted molar refractivity (Wildman–Crippen MR) is 108 cm³/mol. The van der Waals surface area contributed by atoms with Crippen LogP contribution in [-0.4, -0.2) is 43.9 Å². The van der Waals surface area contributed by atoms with Gasteiger partial charge >= 0.3 is 6.03 Å². The highest BCUT2D eigenvalue weighted by Gasteiger charge is 2.17. The summed E-state index contributed by atoms with van der Waals surface area (Å²) in [4.78, 5) is 17.1. The minimum atomic E-state index is -3.45. The van der Waals surface area contributed by atoms with E-state index >= 15 is 0 Å². The van der Waals surface area contributed by atoms with Crippen molar-refractivity contribution in [3.05, 3.63) is 28.9 Å². The molecule has 0 aliphatic carbocycles. The van der Waals surface area contributed by atoms with Crippen molar-refractivity contribution in [2.75, 3.05) is 24.7 Å². The van der Waals surface area contributed by atoms with E-state index in [0.717, 1.165) is 30.4 Å². The van der Waals surface area contributed by atoms with Gasteiger partial charge in [0.25, 0.3) is 0 Å². The lowest BCUT2D eigenvalue weighted by atomic mass is 10.2. The van der Waals surface area contributed by atoms with Crippen LogP contribution in [-0.2, 0) is 9.84 Å². The average Bonchev–Trinajstić information content (AvgIpc) is 2.94. The van der Waals surface area contributed by atoms with Crippen LogP contribution < -0.4 is 10.6 Å². The number of hydrogen-bond acceptors (Lipinski definition) is 6. The van der Waals surface area contributed by atoms with Gasteiger partial charge in [0, 0.05) is 19.4 Å². The highest BCUT2D eigenvalue weighted by molar-refractivity contribution is 7.90. The van der Waals surface area contributed by atoms with Crippen molar-refractivity contribution in [2.45, 2.75) is 31.1 Å². The fraction of sp³-hybridized carbons (Fsp3) is 0.412. The predicted octanol–water partition coefficient (Wildman–Crippen LogP) is 3.46. The molecule has 148 valence electrons. The molecule has 0 aliphatic rings. The highest BCUT2D eigenvalue weighted by atomic mass is 35.5. The van der Waals surface area contributed by atoms with E-state index in [9.17, 15) is 13.2 Å². The standard InChI is InChI=1S/C17H22ClN3O4S2/c1-11-15(12-6-7-13(18)14(10-12)27(2,24)25)26-17(20-11)21-16(23)19-8-4-3-5-9-22/h6-7,10,22H,3-5,8-9H2,1-2H3,(H2,19,20,21,23). The first kappa shape index (κ1) is 21.6. The minimum absolute atomic E-state index is 0.0598. The summed E-state index contributed by atoms with van der Waals surface area (Å²) in [5.74, 6) is 0. The van der Waals surface area contributed by atoms with Crippen LogP contribution in [0.5, 0.6) is 0 Å². The second-order valence-corrected chi connectivity index (χ2v) is 9.41. The second kappa shape index (κ2) is 9.50. The Kier molecular flexibility index (Phi) is 7.60. The molecular weight excluding hydrogens is 410 g/mol. The summed E-state index contributed by atoms with van der Waals surface area (Å²) < 4.78 is 23.7. The van der Waals surface area contributed by atoms with E-state index in [1.165, 1.54) is 17.4 Å². The molecule has 2 amide bonds. The molecule has 0 fully saturated rings. The summed E-state index contributed by atoms with van der Waals surface area (Å²) in [6, 6.07) is 4.43. The first-order chi connectivity index (χ1) is 12.7. The van der Waals surface area contributed by atoms with Gasteiger partial charge in [0.05, 0.1) is 20.5 Å². The molecule has 10 heteroatoms. The van der Waals surface area contributed by atoms with Gasteiger partial charge < -0.3 is 10.4 Å². The molecule has 27 heavy (non-hydrogen) atoms. The van der Waals surface area contributed by atoms with Crippen molar-refractivity contribution in [2.24, 2.45) is 0 Å². The van der Waals surface area contributed by atoms with Gasteiger partial charge in [0.1, 0.15) is 0 Å². The number of benzene rings is 1. The number of halogens is 1. The molecule has 0 aliphatic heterocycles. The van der Waals surface area contributed by atoms with Gasteiger partial charge in [-0.25, -0.2) is 18.2 Å². The lowest BCUT2D eigenvalue weighted by Gasteiger charge is -2.05. The number of anilines is 1. The van der Waals surface area contributed by atoms with Crippen LogP contribution in [0.4, 0.5) is 9.93 Å². The Morgan fingerprint density at radius 2 is 2.04 bits per heavy atom. The molecule has 0 saturated carbocycles. The normalized spacial score (nSPS) is 11.4. The van der Waals surface area contributed by atoms with Gasteiger partial charge in [-0.3, -0.25) is 5.32 Å².